The summed E-state index contributed by atoms with van der Waals surface area (Å²) in [6.45, 7) is -0.261. The average molecular weight is 351 g/mol. The van der Waals surface area contributed by atoms with Gasteiger partial charge in [0.1, 0.15) is 6.20 Å². The molecule has 1 aliphatic rings. The lowest BCUT2D eigenvalue weighted by atomic mass is 10.1. The van der Waals surface area contributed by atoms with Gasteiger partial charge >= 0.3 is 17.7 Å². The van der Waals surface area contributed by atoms with Gasteiger partial charge in [-0.1, -0.05) is 0 Å². The minimum Gasteiger partial charge on any atom is -0.475 e. The predicted octanol–water partition coefficient (Wildman–Crippen LogP) is 0.659. The van der Waals surface area contributed by atoms with E-state index in [1.165, 1.54) is 0 Å². The second-order valence-electron chi connectivity index (χ2n) is 4.82. The van der Waals surface area contributed by atoms with Crippen molar-refractivity contribution in [1.82, 2.24) is 14.8 Å². The van der Waals surface area contributed by atoms with Crippen molar-refractivity contribution in [3.63, 3.8) is 0 Å². The SMILES string of the molecule is COc1nn(CCC(=O)N2N=CC[C@]2(O)C(F)(F)F)cc1[N+](=O)[O-]. The molecule has 1 aromatic heterocycles. The Balaban J connectivity index is 2.08. The molecule has 0 bridgehead atoms. The van der Waals surface area contributed by atoms with E-state index in [9.17, 15) is 33.2 Å². The molecule has 0 fully saturated rings. The van der Waals surface area contributed by atoms with Gasteiger partial charge in [-0.05, 0) is 0 Å². The number of aliphatic hydroxyl groups is 1. The summed E-state index contributed by atoms with van der Waals surface area (Å²) in [5, 5.41) is 27.3. The maximum atomic E-state index is 12.9. The van der Waals surface area contributed by atoms with Gasteiger partial charge in [-0.15, -0.1) is 5.10 Å². The number of hydrogen-bond donors (Lipinski definition) is 1. The van der Waals surface area contributed by atoms with Gasteiger partial charge in [0.15, 0.2) is 0 Å². The van der Waals surface area contributed by atoms with E-state index in [1.807, 2.05) is 0 Å². The molecule has 13 heteroatoms. The molecule has 0 saturated carbocycles. The number of halogens is 3. The fourth-order valence-electron chi connectivity index (χ4n) is 2.03. The van der Waals surface area contributed by atoms with Crippen molar-refractivity contribution in [2.45, 2.75) is 31.3 Å². The van der Waals surface area contributed by atoms with Crippen LogP contribution in [0.5, 0.6) is 5.88 Å². The van der Waals surface area contributed by atoms with Crippen molar-refractivity contribution >= 4 is 17.8 Å². The Morgan fingerprint density at radius 3 is 2.75 bits per heavy atom. The van der Waals surface area contributed by atoms with Crippen LogP contribution in [-0.2, 0) is 11.3 Å². The molecule has 0 aromatic carbocycles. The second-order valence-corrected chi connectivity index (χ2v) is 4.82. The summed E-state index contributed by atoms with van der Waals surface area (Å²) < 4.78 is 44.3. The van der Waals surface area contributed by atoms with E-state index in [4.69, 9.17) is 4.74 Å². The maximum absolute atomic E-state index is 12.9. The van der Waals surface area contributed by atoms with Crippen LogP contribution in [-0.4, -0.2) is 56.0 Å². The summed E-state index contributed by atoms with van der Waals surface area (Å²) in [5.41, 5.74) is -3.84. The number of methoxy groups -OCH3 is 1. The first kappa shape index (κ1) is 17.7. The summed E-state index contributed by atoms with van der Waals surface area (Å²) in [5.74, 6) is -1.40. The highest BCUT2D eigenvalue weighted by molar-refractivity contribution is 5.80. The lowest BCUT2D eigenvalue weighted by Crippen LogP contribution is -2.56. The molecule has 0 saturated heterocycles. The molecule has 0 spiro atoms. The number of ether oxygens (including phenoxy) is 1. The number of aromatic nitrogens is 2. The Bertz CT molecular complexity index is 688. The normalized spacial score (nSPS) is 20.5. The Hall–Kier alpha value is -2.70. The highest BCUT2D eigenvalue weighted by Crippen LogP contribution is 2.38. The minimum absolute atomic E-state index is 0.0395. The van der Waals surface area contributed by atoms with E-state index in [0.29, 0.717) is 0 Å². The molecular weight excluding hydrogens is 339 g/mol. The quantitative estimate of drug-likeness (QED) is 0.614. The molecule has 1 aromatic rings. The van der Waals surface area contributed by atoms with Crippen LogP contribution in [0.4, 0.5) is 18.9 Å². The zero-order valence-electron chi connectivity index (χ0n) is 12.2. The number of carbonyl (C=O) groups excluding carboxylic acids is 1. The summed E-state index contributed by atoms with van der Waals surface area (Å²) in [7, 11) is 1.16. The van der Waals surface area contributed by atoms with Gasteiger partial charge in [-0.3, -0.25) is 19.6 Å². The van der Waals surface area contributed by atoms with Gasteiger partial charge < -0.3 is 9.84 Å². The summed E-state index contributed by atoms with van der Waals surface area (Å²) in [4.78, 5) is 21.9. The van der Waals surface area contributed by atoms with E-state index in [0.717, 1.165) is 24.2 Å². The molecular formula is C11H12F3N5O5. The summed E-state index contributed by atoms with van der Waals surface area (Å²) in [6, 6.07) is 0. The van der Waals surface area contributed by atoms with Crippen molar-refractivity contribution in [2.75, 3.05) is 7.11 Å². The van der Waals surface area contributed by atoms with E-state index < -0.39 is 41.3 Å². The fraction of sp³-hybridized carbons (Fsp3) is 0.545. The van der Waals surface area contributed by atoms with Gasteiger partial charge in [0.25, 0.3) is 5.72 Å². The second kappa shape index (κ2) is 6.07. The van der Waals surface area contributed by atoms with Gasteiger partial charge in [0.2, 0.25) is 5.91 Å². The third-order valence-electron chi connectivity index (χ3n) is 3.27. The predicted molar refractivity (Wildman–Crippen MR) is 71.0 cm³/mol. The number of alkyl halides is 3. The van der Waals surface area contributed by atoms with Crippen molar-refractivity contribution in [3.05, 3.63) is 16.3 Å². The third kappa shape index (κ3) is 3.02. The number of carbonyl (C=O) groups is 1. The molecule has 10 nitrogen and oxygen atoms in total. The molecule has 1 amide bonds. The van der Waals surface area contributed by atoms with Crippen LogP contribution in [0.2, 0.25) is 0 Å². The van der Waals surface area contributed by atoms with E-state index in [2.05, 4.69) is 10.2 Å². The first-order valence-corrected chi connectivity index (χ1v) is 6.50. The van der Waals surface area contributed by atoms with E-state index in [-0.39, 0.29) is 17.4 Å². The summed E-state index contributed by atoms with van der Waals surface area (Å²) >= 11 is 0. The number of amides is 1. The van der Waals surface area contributed by atoms with Crippen LogP contribution in [0.25, 0.3) is 0 Å². The largest absolute Gasteiger partial charge is 0.475 e. The zero-order chi connectivity index (χ0) is 18.1. The van der Waals surface area contributed by atoms with Gasteiger partial charge in [-0.2, -0.15) is 23.3 Å². The third-order valence-corrected chi connectivity index (χ3v) is 3.27. The van der Waals surface area contributed by atoms with Gasteiger partial charge in [-0.25, -0.2) is 0 Å². The molecule has 0 aliphatic carbocycles. The minimum atomic E-state index is -5.08. The number of aryl methyl sites for hydroxylation is 1. The molecule has 132 valence electrons. The van der Waals surface area contributed by atoms with E-state index in [1.54, 1.807) is 0 Å². The molecule has 2 rings (SSSR count). The molecule has 1 N–H and O–H groups in total. The van der Waals surface area contributed by atoms with Crippen LogP contribution in [0.1, 0.15) is 12.8 Å². The highest BCUT2D eigenvalue weighted by Gasteiger charge is 2.61. The van der Waals surface area contributed by atoms with Gasteiger partial charge in [0.05, 0.1) is 18.6 Å². The maximum Gasteiger partial charge on any atom is 0.438 e. The zero-order valence-corrected chi connectivity index (χ0v) is 12.2. The van der Waals surface area contributed by atoms with Crippen LogP contribution in [0.15, 0.2) is 11.3 Å². The monoisotopic (exact) mass is 351 g/mol. The van der Waals surface area contributed by atoms with Crippen LogP contribution in [0.3, 0.4) is 0 Å². The Morgan fingerprint density at radius 1 is 1.58 bits per heavy atom. The highest BCUT2D eigenvalue weighted by atomic mass is 19.4. The lowest BCUT2D eigenvalue weighted by Gasteiger charge is -2.32. The first-order chi connectivity index (χ1) is 11.1. The number of hydrogen-bond acceptors (Lipinski definition) is 7. The smallest absolute Gasteiger partial charge is 0.438 e. The molecule has 1 aliphatic heterocycles. The topological polar surface area (TPSA) is 123 Å². The molecule has 24 heavy (non-hydrogen) atoms. The Kier molecular flexibility index (Phi) is 4.46. The fourth-order valence-corrected chi connectivity index (χ4v) is 2.03. The van der Waals surface area contributed by atoms with Crippen molar-refractivity contribution in [2.24, 2.45) is 5.10 Å². The van der Waals surface area contributed by atoms with Crippen molar-refractivity contribution < 1.29 is 32.7 Å². The van der Waals surface area contributed by atoms with Gasteiger partial charge in [0, 0.05) is 19.1 Å². The number of rotatable bonds is 5. The van der Waals surface area contributed by atoms with Crippen molar-refractivity contribution in [3.8, 4) is 5.88 Å². The number of nitro groups is 1. The van der Waals surface area contributed by atoms with Crippen molar-refractivity contribution in [1.29, 1.82) is 0 Å². The molecule has 0 unspecified atom stereocenters. The van der Waals surface area contributed by atoms with Crippen LogP contribution in [0, 0.1) is 10.1 Å². The van der Waals surface area contributed by atoms with Crippen LogP contribution >= 0.6 is 0 Å². The molecule has 1 atom stereocenters. The van der Waals surface area contributed by atoms with Crippen LogP contribution < -0.4 is 4.74 Å². The Labute approximate surface area is 132 Å². The average Bonchev–Trinajstić information content (AvgIpc) is 3.08. The number of hydrazone groups is 1. The standard InChI is InChI=1S/C11H12F3N5O5/c1-24-9-7(19(22)23)6-17(16-9)5-2-8(20)18-10(21,3-4-15-18)11(12,13)14/h4,6,21H,2-3,5H2,1H3/t10-/m0/s1. The Morgan fingerprint density at radius 2 is 2.25 bits per heavy atom. The number of nitrogens with zero attached hydrogens (tertiary/aromatic N) is 5. The lowest BCUT2D eigenvalue weighted by molar-refractivity contribution is -0.385. The molecule has 0 radical (unpaired) electrons. The summed E-state index contributed by atoms with van der Waals surface area (Å²) in [6.07, 6.45) is -4.70. The first-order valence-electron chi connectivity index (χ1n) is 6.50. The molecule has 2 heterocycles. The van der Waals surface area contributed by atoms with E-state index >= 15 is 0 Å².